The Hall–Kier alpha value is -4.70. The van der Waals surface area contributed by atoms with Gasteiger partial charge in [0, 0.05) is 42.3 Å². The molecule has 4 N–H and O–H groups in total. The molecule has 0 spiro atoms. The Labute approximate surface area is 285 Å². The molecular formula is C32H38N8O6S2. The van der Waals surface area contributed by atoms with Crippen LogP contribution < -0.4 is 5.32 Å². The number of likely N-dealkylation sites (tertiary alicyclic amines) is 2. The summed E-state index contributed by atoms with van der Waals surface area (Å²) in [5, 5.41) is 11.9. The lowest BCUT2D eigenvalue weighted by atomic mass is 10.2. The van der Waals surface area contributed by atoms with Gasteiger partial charge < -0.3 is 34.9 Å². The topological polar surface area (TPSA) is 177 Å². The van der Waals surface area contributed by atoms with Gasteiger partial charge in [0.15, 0.2) is 0 Å². The van der Waals surface area contributed by atoms with Crippen LogP contribution in [0.3, 0.4) is 0 Å². The molecule has 2 aliphatic rings. The number of carbonyl (C=O) groups is 4. The highest BCUT2D eigenvalue weighted by Gasteiger charge is 2.37. The van der Waals surface area contributed by atoms with Crippen molar-refractivity contribution in [2.75, 3.05) is 27.2 Å². The number of nitrogens with zero attached hydrogens (tertiary/aromatic N) is 5. The number of carboxylic acid groups (broad SMARTS) is 1. The van der Waals surface area contributed by atoms with Crippen LogP contribution in [-0.2, 0) is 14.3 Å². The highest BCUT2D eigenvalue weighted by Crippen LogP contribution is 2.41. The van der Waals surface area contributed by atoms with Gasteiger partial charge in [0.25, 0.3) is 0 Å². The van der Waals surface area contributed by atoms with E-state index in [0.29, 0.717) is 18.9 Å². The fourth-order valence-electron chi connectivity index (χ4n) is 6.23. The van der Waals surface area contributed by atoms with Crippen LogP contribution in [-0.4, -0.2) is 103 Å². The Balaban J connectivity index is 1.12. The Morgan fingerprint density at radius 3 is 1.83 bits per heavy atom. The summed E-state index contributed by atoms with van der Waals surface area (Å²) in [6.07, 6.45) is 5.14. The molecular weight excluding hydrogens is 657 g/mol. The van der Waals surface area contributed by atoms with Crippen LogP contribution in [0, 0.1) is 0 Å². The van der Waals surface area contributed by atoms with Gasteiger partial charge in [0.05, 0.1) is 40.3 Å². The summed E-state index contributed by atoms with van der Waals surface area (Å²) < 4.78 is 4.64. The Morgan fingerprint density at radius 2 is 1.35 bits per heavy atom. The number of hydrogen-bond acceptors (Lipinski definition) is 9. The molecule has 0 aromatic carbocycles. The van der Waals surface area contributed by atoms with Crippen molar-refractivity contribution in [2.24, 2.45) is 0 Å². The standard InChI is InChI=1S/C32H38N8O6S2/c1-17(35-31(43)46-4)29(41)39-13-5-7-21(39)27-33-15-19(36-27)23-9-11-25(47-23)26-12-10-24(48-26)20-16-34-28(37-20)22-8-6-14-40(22)30(42)18(2)38(3)32(44)45/h9-12,15-18,21-22H,5-8,13-14H2,1-4H3,(H,33,36)(H,34,37)(H,35,43)(H,44,45)/t17-,18-,21-,22-/m0/s1. The van der Waals surface area contributed by atoms with Crippen molar-refractivity contribution in [3.05, 3.63) is 48.3 Å². The molecule has 0 aliphatic carbocycles. The number of ether oxygens (including phenoxy) is 1. The lowest BCUT2D eigenvalue weighted by molar-refractivity contribution is -0.136. The van der Waals surface area contributed by atoms with Gasteiger partial charge >= 0.3 is 12.2 Å². The molecule has 0 saturated carbocycles. The number of nitrogens with one attached hydrogen (secondary N) is 3. The first-order valence-electron chi connectivity index (χ1n) is 15.8. The second-order valence-electron chi connectivity index (χ2n) is 12.0. The maximum Gasteiger partial charge on any atom is 0.407 e. The van der Waals surface area contributed by atoms with E-state index in [0.717, 1.165) is 67.3 Å². The van der Waals surface area contributed by atoms with Crippen LogP contribution in [0.2, 0.25) is 0 Å². The number of hydrogen-bond donors (Lipinski definition) is 4. The van der Waals surface area contributed by atoms with Crippen molar-refractivity contribution in [3.63, 3.8) is 0 Å². The molecule has 4 atom stereocenters. The minimum atomic E-state index is -1.14. The Morgan fingerprint density at radius 1 is 0.875 bits per heavy atom. The summed E-state index contributed by atoms with van der Waals surface area (Å²) in [5.41, 5.74) is 1.59. The number of aromatic amines is 2. The number of aromatic nitrogens is 4. The largest absolute Gasteiger partial charge is 0.465 e. The number of rotatable bonds is 9. The maximum atomic E-state index is 13.1. The molecule has 254 valence electrons. The minimum Gasteiger partial charge on any atom is -0.465 e. The van der Waals surface area contributed by atoms with Gasteiger partial charge in [-0.25, -0.2) is 19.6 Å². The van der Waals surface area contributed by atoms with Gasteiger partial charge in [-0.3, -0.25) is 14.5 Å². The zero-order valence-corrected chi connectivity index (χ0v) is 28.7. The molecule has 6 heterocycles. The zero-order chi connectivity index (χ0) is 34.1. The quantitative estimate of drug-likeness (QED) is 0.182. The van der Waals surface area contributed by atoms with E-state index in [4.69, 9.17) is 9.97 Å². The molecule has 0 unspecified atom stereocenters. The molecule has 2 fully saturated rings. The van der Waals surface area contributed by atoms with E-state index in [1.165, 1.54) is 14.2 Å². The van der Waals surface area contributed by atoms with Crippen LogP contribution in [0.25, 0.3) is 30.9 Å². The highest BCUT2D eigenvalue weighted by molar-refractivity contribution is 7.25. The predicted octanol–water partition coefficient (Wildman–Crippen LogP) is 5.33. The first-order chi connectivity index (χ1) is 23.0. The van der Waals surface area contributed by atoms with E-state index in [1.807, 2.05) is 24.5 Å². The molecule has 4 aromatic rings. The van der Waals surface area contributed by atoms with Crippen LogP contribution >= 0.6 is 22.7 Å². The summed E-state index contributed by atoms with van der Waals surface area (Å²) in [6, 6.07) is 6.30. The average Bonchev–Trinajstić information content (AvgIpc) is 3.92. The van der Waals surface area contributed by atoms with Crippen molar-refractivity contribution < 1.29 is 29.0 Å². The van der Waals surface area contributed by atoms with E-state index in [9.17, 15) is 24.3 Å². The molecule has 0 bridgehead atoms. The molecule has 6 rings (SSSR count). The number of methoxy groups -OCH3 is 1. The second kappa shape index (κ2) is 13.8. The first-order valence-corrected chi connectivity index (χ1v) is 17.4. The van der Waals surface area contributed by atoms with Crippen LogP contribution in [0.1, 0.15) is 63.3 Å². The number of alkyl carbamates (subject to hydrolysis) is 1. The third-order valence-corrected chi connectivity index (χ3v) is 11.4. The number of carbonyl (C=O) groups excluding carboxylic acids is 3. The molecule has 48 heavy (non-hydrogen) atoms. The molecule has 2 saturated heterocycles. The van der Waals surface area contributed by atoms with E-state index in [2.05, 4.69) is 32.2 Å². The lowest BCUT2D eigenvalue weighted by Crippen LogP contribution is -2.47. The molecule has 4 amide bonds. The van der Waals surface area contributed by atoms with Crippen LogP contribution in [0.4, 0.5) is 9.59 Å². The molecule has 14 nitrogen and oxygen atoms in total. The molecule has 2 aliphatic heterocycles. The van der Waals surface area contributed by atoms with Gasteiger partial charge in [-0.15, -0.1) is 22.7 Å². The summed E-state index contributed by atoms with van der Waals surface area (Å²) >= 11 is 3.25. The summed E-state index contributed by atoms with van der Waals surface area (Å²) in [6.45, 7) is 4.40. The van der Waals surface area contributed by atoms with E-state index < -0.39 is 24.3 Å². The summed E-state index contributed by atoms with van der Waals surface area (Å²) in [7, 11) is 2.67. The van der Waals surface area contributed by atoms with Gasteiger partial charge in [-0.1, -0.05) is 0 Å². The smallest absolute Gasteiger partial charge is 0.407 e. The normalized spacial score (nSPS) is 18.9. The van der Waals surface area contributed by atoms with Gasteiger partial charge in [-0.2, -0.15) is 0 Å². The van der Waals surface area contributed by atoms with Gasteiger partial charge in [0.1, 0.15) is 23.7 Å². The van der Waals surface area contributed by atoms with Crippen molar-refractivity contribution in [1.82, 2.24) is 40.0 Å². The second-order valence-corrected chi connectivity index (χ2v) is 14.1. The minimum absolute atomic E-state index is 0.177. The molecule has 4 aromatic heterocycles. The Bertz CT molecular complexity index is 1810. The van der Waals surface area contributed by atoms with Gasteiger partial charge in [0.2, 0.25) is 11.8 Å². The monoisotopic (exact) mass is 694 g/mol. The summed E-state index contributed by atoms with van der Waals surface area (Å²) in [5.74, 6) is 1.01. The van der Waals surface area contributed by atoms with Crippen LogP contribution in [0.15, 0.2) is 36.7 Å². The highest BCUT2D eigenvalue weighted by atomic mass is 32.1. The molecule has 16 heteroatoms. The number of imidazole rings is 2. The first kappa shape index (κ1) is 33.2. The van der Waals surface area contributed by atoms with Crippen molar-refractivity contribution in [2.45, 2.75) is 63.7 Å². The van der Waals surface area contributed by atoms with E-state index >= 15 is 0 Å². The molecule has 0 radical (unpaired) electrons. The lowest BCUT2D eigenvalue weighted by Gasteiger charge is -2.29. The number of H-pyrrole nitrogens is 2. The average molecular weight is 695 g/mol. The van der Waals surface area contributed by atoms with Crippen molar-refractivity contribution in [3.8, 4) is 30.9 Å². The zero-order valence-electron chi connectivity index (χ0n) is 27.1. The summed E-state index contributed by atoms with van der Waals surface area (Å²) in [4.78, 5) is 74.1. The van der Waals surface area contributed by atoms with E-state index in [-0.39, 0.29) is 23.9 Å². The van der Waals surface area contributed by atoms with Crippen molar-refractivity contribution in [1.29, 1.82) is 0 Å². The van der Waals surface area contributed by atoms with E-state index in [1.54, 1.807) is 46.3 Å². The van der Waals surface area contributed by atoms with Crippen molar-refractivity contribution >= 4 is 46.7 Å². The third-order valence-electron chi connectivity index (χ3n) is 8.99. The van der Waals surface area contributed by atoms with Crippen LogP contribution in [0.5, 0.6) is 0 Å². The predicted molar refractivity (Wildman–Crippen MR) is 180 cm³/mol. The SMILES string of the molecule is COC(=O)N[C@@H](C)C(=O)N1CCC[C@H]1c1nc(-c2ccc(-c3ccc(-c4c[nH]c([C@@H]5CCCN5C(=O)[C@H](C)N(C)C(=O)O)n4)s3)s2)c[nH]1. The fourth-order valence-corrected chi connectivity index (χ4v) is 8.25. The number of likely N-dealkylation sites (N-methyl/N-ethyl adjacent to an activating group) is 1. The third kappa shape index (κ3) is 6.54. The van der Waals surface area contributed by atoms with Gasteiger partial charge in [-0.05, 0) is 63.8 Å². The number of amides is 4. The fraction of sp³-hybridized carbons (Fsp3) is 0.438. The number of thiophene rings is 2. The Kier molecular flexibility index (Phi) is 9.55. The maximum absolute atomic E-state index is 13.1.